The molecule has 32 heavy (non-hydrogen) atoms. The molecule has 1 aromatic carbocycles. The Balaban J connectivity index is 1.80. The van der Waals surface area contributed by atoms with Crippen LogP contribution in [0.4, 0.5) is 5.82 Å². The topological polar surface area (TPSA) is 101 Å². The van der Waals surface area contributed by atoms with E-state index in [1.807, 2.05) is 31.2 Å². The summed E-state index contributed by atoms with van der Waals surface area (Å²) in [5.41, 5.74) is 4.52. The lowest BCUT2D eigenvalue weighted by atomic mass is 10.0. The molecule has 5 rings (SSSR count). The van der Waals surface area contributed by atoms with Gasteiger partial charge in [0.1, 0.15) is 22.7 Å². The number of morpholine rings is 1. The fraction of sp³-hybridized carbons (Fsp3) is 0.318. The summed E-state index contributed by atoms with van der Waals surface area (Å²) in [5.74, 6) is 0.778. The molecule has 3 aromatic heterocycles. The lowest BCUT2D eigenvalue weighted by molar-refractivity contribution is 0.0986. The molecule has 1 atom stereocenters. The summed E-state index contributed by atoms with van der Waals surface area (Å²) >= 11 is 1.31. The number of ether oxygens (including phenoxy) is 1. The second kappa shape index (κ2) is 7.95. The Morgan fingerprint density at radius 1 is 1.22 bits per heavy atom. The summed E-state index contributed by atoms with van der Waals surface area (Å²) in [4.78, 5) is 7.48. The van der Waals surface area contributed by atoms with Crippen molar-refractivity contribution >= 4 is 37.4 Å². The maximum absolute atomic E-state index is 12.6. The van der Waals surface area contributed by atoms with Crippen molar-refractivity contribution in [2.45, 2.75) is 24.8 Å². The molecule has 1 aliphatic rings. The molecule has 4 heterocycles. The van der Waals surface area contributed by atoms with Gasteiger partial charge in [-0.25, -0.2) is 13.4 Å². The minimum Gasteiger partial charge on any atom is -0.377 e. The number of aryl methyl sites for hydroxylation is 1. The molecule has 0 unspecified atom stereocenters. The maximum Gasteiger partial charge on any atom is 0.176 e. The van der Waals surface area contributed by atoms with Gasteiger partial charge in [-0.15, -0.1) is 0 Å². The van der Waals surface area contributed by atoms with Gasteiger partial charge in [0.25, 0.3) is 0 Å². The lowest BCUT2D eigenvalue weighted by Crippen LogP contribution is -2.44. The van der Waals surface area contributed by atoms with Crippen LogP contribution >= 0.6 is 11.5 Å². The van der Waals surface area contributed by atoms with Gasteiger partial charge in [-0.2, -0.15) is 9.47 Å². The van der Waals surface area contributed by atoms with Gasteiger partial charge >= 0.3 is 0 Å². The maximum atomic E-state index is 12.6. The van der Waals surface area contributed by atoms with E-state index in [1.54, 1.807) is 12.1 Å². The molecule has 0 radical (unpaired) electrons. The number of nitrogens with zero attached hydrogens (tertiary/aromatic N) is 4. The number of aromatic nitrogens is 4. The Morgan fingerprint density at radius 2 is 2.03 bits per heavy atom. The van der Waals surface area contributed by atoms with Crippen LogP contribution in [0.25, 0.3) is 32.7 Å². The van der Waals surface area contributed by atoms with E-state index in [4.69, 9.17) is 9.72 Å². The van der Waals surface area contributed by atoms with Crippen LogP contribution in [0.1, 0.15) is 12.6 Å². The minimum atomic E-state index is -3.43. The summed E-state index contributed by atoms with van der Waals surface area (Å²) in [5, 5.41) is 7.34. The minimum absolute atomic E-state index is 0.148. The van der Waals surface area contributed by atoms with Crippen LogP contribution in [-0.2, 0) is 14.6 Å². The predicted octanol–water partition coefficient (Wildman–Crippen LogP) is 3.69. The number of hydrogen-bond donors (Lipinski definition) is 1. The first kappa shape index (κ1) is 21.0. The second-order valence-electron chi connectivity index (χ2n) is 8.06. The van der Waals surface area contributed by atoms with Crippen molar-refractivity contribution in [2.24, 2.45) is 0 Å². The van der Waals surface area contributed by atoms with Crippen molar-refractivity contribution in [3.05, 3.63) is 42.1 Å². The molecule has 0 bridgehead atoms. The Kier molecular flexibility index (Phi) is 5.23. The first-order valence-corrected chi connectivity index (χ1v) is 13.0. The third-order valence-corrected chi connectivity index (χ3v) is 7.62. The molecule has 0 spiro atoms. The zero-order chi connectivity index (χ0) is 22.5. The Labute approximate surface area is 190 Å². The Hall–Kier alpha value is -2.82. The van der Waals surface area contributed by atoms with Crippen molar-refractivity contribution in [1.82, 2.24) is 19.6 Å². The number of H-pyrrole nitrogens is 1. The van der Waals surface area contributed by atoms with E-state index in [2.05, 4.69) is 26.4 Å². The average molecular weight is 470 g/mol. The highest BCUT2D eigenvalue weighted by Gasteiger charge is 2.26. The van der Waals surface area contributed by atoms with Gasteiger partial charge < -0.3 is 9.64 Å². The first-order chi connectivity index (χ1) is 15.3. The van der Waals surface area contributed by atoms with Crippen LogP contribution in [0.15, 0.2) is 41.3 Å². The SMILES string of the molecule is Cc1cc(-c2nsc3c(-c4ccccc4S(C)(=O)=O)cc(N4CCOC[C@H]4C)nc23)n[nH]1. The average Bonchev–Trinajstić information content (AvgIpc) is 3.38. The number of hydrogen-bond acceptors (Lipinski definition) is 8. The van der Waals surface area contributed by atoms with E-state index in [-0.39, 0.29) is 6.04 Å². The highest BCUT2D eigenvalue weighted by Crippen LogP contribution is 2.40. The van der Waals surface area contributed by atoms with Crippen LogP contribution < -0.4 is 4.90 Å². The molecule has 1 N–H and O–H groups in total. The third kappa shape index (κ3) is 3.68. The largest absolute Gasteiger partial charge is 0.377 e. The Morgan fingerprint density at radius 3 is 2.75 bits per heavy atom. The number of benzene rings is 1. The van der Waals surface area contributed by atoms with Gasteiger partial charge in [0, 0.05) is 29.6 Å². The van der Waals surface area contributed by atoms with Gasteiger partial charge in [-0.05, 0) is 43.6 Å². The van der Waals surface area contributed by atoms with Crippen molar-refractivity contribution in [2.75, 3.05) is 30.9 Å². The number of nitrogens with one attached hydrogen (secondary N) is 1. The molecule has 1 saturated heterocycles. The molecule has 166 valence electrons. The summed E-state index contributed by atoms with van der Waals surface area (Å²) in [6.45, 7) is 5.97. The molecule has 0 amide bonds. The highest BCUT2D eigenvalue weighted by atomic mass is 32.2. The van der Waals surface area contributed by atoms with Crippen molar-refractivity contribution < 1.29 is 13.2 Å². The quantitative estimate of drug-likeness (QED) is 0.486. The highest BCUT2D eigenvalue weighted by molar-refractivity contribution is 7.90. The Bertz CT molecular complexity index is 1410. The number of sulfone groups is 1. The summed E-state index contributed by atoms with van der Waals surface area (Å²) in [6.07, 6.45) is 1.24. The molecule has 0 saturated carbocycles. The van der Waals surface area contributed by atoms with E-state index in [0.29, 0.717) is 35.9 Å². The second-order valence-corrected chi connectivity index (χ2v) is 10.8. The van der Waals surface area contributed by atoms with Gasteiger partial charge in [-0.3, -0.25) is 5.10 Å². The number of fused-ring (bicyclic) bond motifs is 1. The van der Waals surface area contributed by atoms with E-state index in [9.17, 15) is 8.42 Å². The molecule has 0 aliphatic carbocycles. The normalized spacial score (nSPS) is 17.2. The van der Waals surface area contributed by atoms with Gasteiger partial charge in [-0.1, -0.05) is 18.2 Å². The van der Waals surface area contributed by atoms with Crippen LogP contribution in [0, 0.1) is 6.92 Å². The van der Waals surface area contributed by atoms with E-state index >= 15 is 0 Å². The van der Waals surface area contributed by atoms with Gasteiger partial charge in [0.15, 0.2) is 9.84 Å². The smallest absolute Gasteiger partial charge is 0.176 e. The summed E-state index contributed by atoms with van der Waals surface area (Å²) < 4.78 is 36.2. The van der Waals surface area contributed by atoms with Crippen LogP contribution in [0.2, 0.25) is 0 Å². The monoisotopic (exact) mass is 469 g/mol. The fourth-order valence-electron chi connectivity index (χ4n) is 4.04. The number of aromatic amines is 1. The van der Waals surface area contributed by atoms with E-state index in [0.717, 1.165) is 33.0 Å². The molecule has 4 aromatic rings. The van der Waals surface area contributed by atoms with Crippen molar-refractivity contribution in [3.8, 4) is 22.5 Å². The van der Waals surface area contributed by atoms with E-state index < -0.39 is 9.84 Å². The molecule has 1 fully saturated rings. The zero-order valence-corrected chi connectivity index (χ0v) is 19.6. The zero-order valence-electron chi connectivity index (χ0n) is 18.0. The third-order valence-electron chi connectivity index (χ3n) is 5.60. The van der Waals surface area contributed by atoms with Gasteiger partial charge in [0.2, 0.25) is 0 Å². The van der Waals surface area contributed by atoms with Crippen LogP contribution in [0.3, 0.4) is 0 Å². The number of rotatable bonds is 4. The number of anilines is 1. The summed E-state index contributed by atoms with van der Waals surface area (Å²) in [7, 11) is -3.43. The molecular weight excluding hydrogens is 446 g/mol. The molecule has 10 heteroatoms. The lowest BCUT2D eigenvalue weighted by Gasteiger charge is -2.34. The predicted molar refractivity (Wildman–Crippen MR) is 126 cm³/mol. The first-order valence-electron chi connectivity index (χ1n) is 10.3. The number of pyridine rings is 1. The standard InChI is InChI=1S/C22H23N5O3S2/c1-13-10-17(25-24-13)20-21-22(31-26-20)16(15-6-4-5-7-18(15)32(3,28)29)11-19(23-21)27-8-9-30-12-14(27)2/h4-7,10-11,14H,8-9,12H2,1-3H3,(H,24,25)/t14-/m1/s1. The van der Waals surface area contributed by atoms with E-state index in [1.165, 1.54) is 17.8 Å². The fourth-order valence-corrected chi connectivity index (χ4v) is 5.80. The van der Waals surface area contributed by atoms with Crippen LogP contribution in [0.5, 0.6) is 0 Å². The van der Waals surface area contributed by atoms with Crippen molar-refractivity contribution in [1.29, 1.82) is 0 Å². The molecule has 1 aliphatic heterocycles. The molecule has 8 nitrogen and oxygen atoms in total. The van der Waals surface area contributed by atoms with Crippen LogP contribution in [-0.4, -0.2) is 60.0 Å². The van der Waals surface area contributed by atoms with Crippen molar-refractivity contribution in [3.63, 3.8) is 0 Å². The van der Waals surface area contributed by atoms with Gasteiger partial charge in [0.05, 0.1) is 28.9 Å². The molecular formula is C22H23N5O3S2. The summed E-state index contributed by atoms with van der Waals surface area (Å²) in [6, 6.07) is 11.1.